The molecule has 0 unspecified atom stereocenters. The molecule has 1 N–H and O–H groups in total. The zero-order valence-electron chi connectivity index (χ0n) is 11.3. The number of carbonyl (C=O) groups is 1. The molecule has 19 heavy (non-hydrogen) atoms. The molecule has 0 aliphatic carbocycles. The van der Waals surface area contributed by atoms with Gasteiger partial charge in [0.05, 0.1) is 5.56 Å². The Kier molecular flexibility index (Phi) is 3.42. The third-order valence-electron chi connectivity index (χ3n) is 4.27. The molecule has 4 heteroatoms. The van der Waals surface area contributed by atoms with Crippen LogP contribution >= 0.6 is 0 Å². The predicted molar refractivity (Wildman–Crippen MR) is 74.4 cm³/mol. The lowest BCUT2D eigenvalue weighted by molar-refractivity contribution is -0.0455. The number of anilines is 1. The number of piperidine rings is 3. The molecular formula is C15H20N2O2. The quantitative estimate of drug-likeness (QED) is 0.844. The van der Waals surface area contributed by atoms with Gasteiger partial charge in [-0.25, -0.2) is 4.79 Å². The van der Waals surface area contributed by atoms with Crippen LogP contribution in [0.25, 0.3) is 0 Å². The molecule has 3 heterocycles. The fraction of sp³-hybridized carbons (Fsp3) is 0.533. The molecule has 3 saturated heterocycles. The number of ether oxygens (including phenoxy) is 1. The third kappa shape index (κ3) is 2.45. The van der Waals surface area contributed by atoms with Crippen LogP contribution in [0.4, 0.5) is 5.69 Å². The number of para-hydroxylation sites is 1. The number of hydrogen-bond donors (Lipinski definition) is 1. The molecule has 0 saturated carbocycles. The van der Waals surface area contributed by atoms with Gasteiger partial charge in [-0.1, -0.05) is 12.1 Å². The average molecular weight is 260 g/mol. The van der Waals surface area contributed by atoms with E-state index >= 15 is 0 Å². The van der Waals surface area contributed by atoms with Crippen molar-refractivity contribution in [3.05, 3.63) is 29.8 Å². The van der Waals surface area contributed by atoms with Crippen LogP contribution in [-0.2, 0) is 4.74 Å². The minimum absolute atomic E-state index is 0.0694. The second-order valence-electron chi connectivity index (χ2n) is 5.38. The normalized spacial score (nSPS) is 29.0. The van der Waals surface area contributed by atoms with Gasteiger partial charge < -0.3 is 10.1 Å². The number of benzene rings is 1. The van der Waals surface area contributed by atoms with Crippen molar-refractivity contribution >= 4 is 11.7 Å². The van der Waals surface area contributed by atoms with Crippen LogP contribution in [0.3, 0.4) is 0 Å². The van der Waals surface area contributed by atoms with Gasteiger partial charge in [0.1, 0.15) is 6.10 Å². The van der Waals surface area contributed by atoms with Crippen LogP contribution in [0.15, 0.2) is 24.3 Å². The molecule has 0 spiro atoms. The van der Waals surface area contributed by atoms with Gasteiger partial charge in [-0.05, 0) is 44.0 Å². The van der Waals surface area contributed by atoms with Gasteiger partial charge in [0.2, 0.25) is 0 Å². The van der Waals surface area contributed by atoms with E-state index in [1.807, 2.05) is 31.3 Å². The fourth-order valence-electron chi connectivity index (χ4n) is 3.12. The van der Waals surface area contributed by atoms with Gasteiger partial charge in [0.15, 0.2) is 0 Å². The largest absolute Gasteiger partial charge is 0.457 e. The van der Waals surface area contributed by atoms with E-state index in [4.69, 9.17) is 4.74 Å². The van der Waals surface area contributed by atoms with E-state index < -0.39 is 0 Å². The molecule has 4 rings (SSSR count). The minimum Gasteiger partial charge on any atom is -0.457 e. The molecule has 3 fully saturated rings. The zero-order chi connectivity index (χ0) is 13.2. The number of fused-ring (bicyclic) bond motifs is 3. The monoisotopic (exact) mass is 260 g/mol. The van der Waals surface area contributed by atoms with Crippen molar-refractivity contribution in [2.24, 2.45) is 5.92 Å². The summed E-state index contributed by atoms with van der Waals surface area (Å²) in [6, 6.07) is 7.49. The Hall–Kier alpha value is -1.55. The highest BCUT2D eigenvalue weighted by atomic mass is 16.5. The van der Waals surface area contributed by atoms with Gasteiger partial charge >= 0.3 is 5.97 Å². The summed E-state index contributed by atoms with van der Waals surface area (Å²) in [6.07, 6.45) is 2.39. The first-order chi connectivity index (χ1) is 9.28. The molecule has 0 aromatic heterocycles. The summed E-state index contributed by atoms with van der Waals surface area (Å²) in [5, 5.41) is 3.04. The van der Waals surface area contributed by atoms with Crippen LogP contribution in [0.1, 0.15) is 23.2 Å². The first kappa shape index (κ1) is 12.5. The second-order valence-corrected chi connectivity index (χ2v) is 5.38. The topological polar surface area (TPSA) is 41.6 Å². The van der Waals surface area contributed by atoms with E-state index in [9.17, 15) is 4.79 Å². The second kappa shape index (κ2) is 5.21. The molecule has 0 amide bonds. The minimum atomic E-state index is -0.205. The lowest BCUT2D eigenvalue weighted by atomic mass is 9.86. The summed E-state index contributed by atoms with van der Waals surface area (Å²) in [5.74, 6) is 0.347. The first-order valence-electron chi connectivity index (χ1n) is 6.98. The van der Waals surface area contributed by atoms with Crippen molar-refractivity contribution in [2.75, 3.05) is 32.0 Å². The Morgan fingerprint density at radius 2 is 2.05 bits per heavy atom. The Balaban J connectivity index is 1.71. The van der Waals surface area contributed by atoms with E-state index in [0.717, 1.165) is 38.2 Å². The zero-order valence-corrected chi connectivity index (χ0v) is 11.3. The highest BCUT2D eigenvalue weighted by molar-refractivity contribution is 5.95. The maximum Gasteiger partial charge on any atom is 0.340 e. The van der Waals surface area contributed by atoms with Gasteiger partial charge in [-0.15, -0.1) is 0 Å². The van der Waals surface area contributed by atoms with Crippen LogP contribution in [0.2, 0.25) is 0 Å². The summed E-state index contributed by atoms with van der Waals surface area (Å²) in [5.41, 5.74) is 1.45. The van der Waals surface area contributed by atoms with Crippen LogP contribution < -0.4 is 5.32 Å². The summed E-state index contributed by atoms with van der Waals surface area (Å²) in [6.45, 7) is 3.22. The maximum absolute atomic E-state index is 12.3. The smallest absolute Gasteiger partial charge is 0.340 e. The molecule has 4 nitrogen and oxygen atoms in total. The standard InChI is InChI=1S/C15H20N2O2/c1-16-13-5-3-2-4-12(13)15(18)19-14-10-17-8-6-11(14)7-9-17/h2-5,11,14,16H,6-10H2,1H3/t14-/m0/s1. The summed E-state index contributed by atoms with van der Waals surface area (Å²) in [4.78, 5) is 14.7. The van der Waals surface area contributed by atoms with Crippen molar-refractivity contribution in [2.45, 2.75) is 18.9 Å². The molecule has 3 aliphatic rings. The SMILES string of the molecule is CNc1ccccc1C(=O)O[C@H]1CN2CCC1CC2. The number of carbonyl (C=O) groups excluding carboxylic acids is 1. The van der Waals surface area contributed by atoms with E-state index in [1.54, 1.807) is 0 Å². The number of hydrogen-bond acceptors (Lipinski definition) is 4. The number of esters is 1. The van der Waals surface area contributed by atoms with E-state index in [0.29, 0.717) is 11.5 Å². The van der Waals surface area contributed by atoms with E-state index in [-0.39, 0.29) is 12.1 Å². The highest BCUT2D eigenvalue weighted by Gasteiger charge is 2.36. The Bertz CT molecular complexity index is 467. The molecule has 1 aromatic rings. The van der Waals surface area contributed by atoms with Crippen molar-refractivity contribution < 1.29 is 9.53 Å². The van der Waals surface area contributed by atoms with E-state index in [2.05, 4.69) is 10.2 Å². The Morgan fingerprint density at radius 1 is 1.32 bits per heavy atom. The molecule has 1 atom stereocenters. The highest BCUT2D eigenvalue weighted by Crippen LogP contribution is 2.30. The van der Waals surface area contributed by atoms with Gasteiger partial charge in [0, 0.05) is 19.3 Å². The number of nitrogens with one attached hydrogen (secondary N) is 1. The lowest BCUT2D eigenvalue weighted by Crippen LogP contribution is -2.51. The predicted octanol–water partition coefficient (Wildman–Crippen LogP) is 1.98. The molecule has 3 aliphatic heterocycles. The van der Waals surface area contributed by atoms with Gasteiger partial charge in [-0.2, -0.15) is 0 Å². The third-order valence-corrected chi connectivity index (χ3v) is 4.27. The maximum atomic E-state index is 12.3. The summed E-state index contributed by atoms with van der Waals surface area (Å²) >= 11 is 0. The van der Waals surface area contributed by atoms with Crippen molar-refractivity contribution in [1.82, 2.24) is 4.90 Å². The molecule has 0 radical (unpaired) electrons. The molecule has 102 valence electrons. The molecule has 1 aromatic carbocycles. The Morgan fingerprint density at radius 3 is 2.68 bits per heavy atom. The number of nitrogens with zero attached hydrogens (tertiary/aromatic N) is 1. The first-order valence-corrected chi connectivity index (χ1v) is 6.98. The van der Waals surface area contributed by atoms with Crippen LogP contribution in [-0.4, -0.2) is 43.7 Å². The molecular weight excluding hydrogens is 240 g/mol. The summed E-state index contributed by atoms with van der Waals surface area (Å²) in [7, 11) is 1.82. The van der Waals surface area contributed by atoms with Crippen molar-refractivity contribution in [3.8, 4) is 0 Å². The van der Waals surface area contributed by atoms with Crippen molar-refractivity contribution in [1.29, 1.82) is 0 Å². The average Bonchev–Trinajstić information content (AvgIpc) is 2.48. The van der Waals surface area contributed by atoms with Crippen LogP contribution in [0.5, 0.6) is 0 Å². The lowest BCUT2D eigenvalue weighted by Gasteiger charge is -2.43. The van der Waals surface area contributed by atoms with Crippen molar-refractivity contribution in [3.63, 3.8) is 0 Å². The van der Waals surface area contributed by atoms with Gasteiger partial charge in [0.25, 0.3) is 0 Å². The van der Waals surface area contributed by atoms with E-state index in [1.165, 1.54) is 0 Å². The van der Waals surface area contributed by atoms with Crippen LogP contribution in [0, 0.1) is 5.92 Å². The fourth-order valence-corrected chi connectivity index (χ4v) is 3.12. The molecule has 2 bridgehead atoms. The Labute approximate surface area is 113 Å². The van der Waals surface area contributed by atoms with Gasteiger partial charge in [-0.3, -0.25) is 4.90 Å². The number of rotatable bonds is 3. The summed E-state index contributed by atoms with van der Waals surface area (Å²) < 4.78 is 5.73.